The van der Waals surface area contributed by atoms with E-state index in [-0.39, 0.29) is 17.8 Å². The largest absolute Gasteiger partial charge is 0.497 e. The number of aliphatic hydroxyl groups is 1. The Hall–Kier alpha value is -4.12. The molecule has 1 N–H and O–H groups in total. The van der Waals surface area contributed by atoms with Crippen molar-refractivity contribution in [1.29, 1.82) is 0 Å². The average Bonchev–Trinajstić information content (AvgIpc) is 3.34. The summed E-state index contributed by atoms with van der Waals surface area (Å²) in [6, 6.07) is 11.8. The number of hydrogen-bond donors (Lipinski definition) is 1. The highest BCUT2D eigenvalue weighted by Gasteiger charge is 2.36. The number of pyridine rings is 1. The molecule has 192 valence electrons. The molecule has 2 aromatic heterocycles. The average molecular weight is 512 g/mol. The second-order valence-corrected chi connectivity index (χ2v) is 8.65. The molecule has 8 nitrogen and oxygen atoms in total. The predicted molar refractivity (Wildman–Crippen MR) is 132 cm³/mol. The van der Waals surface area contributed by atoms with E-state index >= 15 is 0 Å². The van der Waals surface area contributed by atoms with E-state index in [1.54, 1.807) is 35.2 Å². The van der Waals surface area contributed by atoms with Gasteiger partial charge in [0.25, 0.3) is 5.56 Å². The topological polar surface area (TPSA) is 89.7 Å². The molecule has 1 aliphatic heterocycles. The third-order valence-electron chi connectivity index (χ3n) is 6.33. The predicted octanol–water partition coefficient (Wildman–Crippen LogP) is 4.05. The number of anilines is 1. The number of hydrogen-bond acceptors (Lipinski definition) is 7. The zero-order chi connectivity index (χ0) is 26.3. The van der Waals surface area contributed by atoms with Crippen molar-refractivity contribution < 1.29 is 27.8 Å². The number of β-amino-alcohol motifs (C(OH)–C–C–N with tert-alkyl or cyclic N) is 1. The molecule has 1 aliphatic rings. The summed E-state index contributed by atoms with van der Waals surface area (Å²) in [6.07, 6.45) is -3.43. The van der Waals surface area contributed by atoms with Crippen LogP contribution in [0.1, 0.15) is 12.0 Å². The van der Waals surface area contributed by atoms with E-state index in [0.29, 0.717) is 41.1 Å². The first-order chi connectivity index (χ1) is 17.7. The van der Waals surface area contributed by atoms with E-state index in [9.17, 15) is 23.1 Å². The minimum Gasteiger partial charge on any atom is -0.497 e. The molecule has 0 radical (unpaired) electrons. The Morgan fingerprint density at radius 1 is 1.05 bits per heavy atom. The number of methoxy groups -OCH3 is 2. The van der Waals surface area contributed by atoms with Crippen LogP contribution in [0, 0.1) is 0 Å². The minimum atomic E-state index is -4.75. The SMILES string of the molecule is COc1cc(OC)cc(-c2nn(-c3cc(N4CC[C@H](O)C4)ccc3C(F)(F)F)c(=O)c3ncccc23)c1. The quantitative estimate of drug-likeness (QED) is 0.432. The van der Waals surface area contributed by atoms with Crippen LogP contribution in [0.3, 0.4) is 0 Å². The normalized spacial score (nSPS) is 15.8. The van der Waals surface area contributed by atoms with E-state index in [1.807, 2.05) is 0 Å². The summed E-state index contributed by atoms with van der Waals surface area (Å²) in [6.45, 7) is 0.754. The first kappa shape index (κ1) is 24.6. The summed E-state index contributed by atoms with van der Waals surface area (Å²) in [5, 5.41) is 14.7. The van der Waals surface area contributed by atoms with Gasteiger partial charge in [-0.15, -0.1) is 0 Å². The van der Waals surface area contributed by atoms with Crippen LogP contribution in [0.2, 0.25) is 0 Å². The number of alkyl halides is 3. The number of nitrogens with zero attached hydrogens (tertiary/aromatic N) is 4. The molecular formula is C26H23F3N4O4. The highest BCUT2D eigenvalue weighted by Crippen LogP contribution is 2.37. The van der Waals surface area contributed by atoms with E-state index in [4.69, 9.17) is 9.47 Å². The molecule has 0 saturated carbocycles. The first-order valence-corrected chi connectivity index (χ1v) is 11.5. The number of benzene rings is 2. The Kier molecular flexibility index (Phi) is 6.24. The third kappa shape index (κ3) is 4.57. The van der Waals surface area contributed by atoms with E-state index in [2.05, 4.69) is 10.1 Å². The molecular weight excluding hydrogens is 489 g/mol. The molecule has 1 saturated heterocycles. The zero-order valence-corrected chi connectivity index (χ0v) is 20.0. The van der Waals surface area contributed by atoms with Gasteiger partial charge in [-0.1, -0.05) is 0 Å². The van der Waals surface area contributed by atoms with Crippen molar-refractivity contribution in [3.8, 4) is 28.4 Å². The van der Waals surface area contributed by atoms with Gasteiger partial charge in [0, 0.05) is 42.0 Å². The van der Waals surface area contributed by atoms with Crippen LogP contribution < -0.4 is 19.9 Å². The first-order valence-electron chi connectivity index (χ1n) is 11.5. The maximum atomic E-state index is 14.1. The van der Waals surface area contributed by atoms with Gasteiger partial charge in [-0.05, 0) is 48.9 Å². The maximum Gasteiger partial charge on any atom is 0.418 e. The lowest BCUT2D eigenvalue weighted by atomic mass is 10.1. The number of halogens is 3. The Balaban J connectivity index is 1.81. The van der Waals surface area contributed by atoms with Crippen molar-refractivity contribution in [2.45, 2.75) is 18.7 Å². The Labute approximate surface area is 209 Å². The summed E-state index contributed by atoms with van der Waals surface area (Å²) < 4.78 is 53.8. The fraction of sp³-hybridized carbons (Fsp3) is 0.269. The highest BCUT2D eigenvalue weighted by molar-refractivity contribution is 5.92. The summed E-state index contributed by atoms with van der Waals surface area (Å²) >= 11 is 0. The van der Waals surface area contributed by atoms with Crippen molar-refractivity contribution in [3.05, 3.63) is 70.6 Å². The van der Waals surface area contributed by atoms with E-state index in [0.717, 1.165) is 10.7 Å². The van der Waals surface area contributed by atoms with Gasteiger partial charge in [0.1, 0.15) is 22.7 Å². The van der Waals surface area contributed by atoms with Gasteiger partial charge in [0.15, 0.2) is 0 Å². The Bertz CT molecular complexity index is 1510. The standard InChI is InChI=1S/C26H23F3N4O4/c1-36-18-10-15(11-19(13-18)37-2)23-20-4-3-8-30-24(20)25(35)33(31-23)22-12-16(32-9-7-17(34)14-32)5-6-21(22)26(27,28)29/h3-6,8,10-13,17,34H,7,9,14H2,1-2H3/t17-/m0/s1. The molecule has 11 heteroatoms. The molecule has 0 unspecified atom stereocenters. The Morgan fingerprint density at radius 3 is 2.41 bits per heavy atom. The lowest BCUT2D eigenvalue weighted by molar-refractivity contribution is -0.137. The molecule has 0 spiro atoms. The minimum absolute atomic E-state index is 0.0376. The van der Waals surface area contributed by atoms with E-state index < -0.39 is 29.1 Å². The number of aliphatic hydroxyl groups excluding tert-OH is 1. The number of fused-ring (bicyclic) bond motifs is 1. The molecule has 1 fully saturated rings. The molecule has 0 aliphatic carbocycles. The van der Waals surface area contributed by atoms with Crippen LogP contribution in [-0.4, -0.2) is 53.3 Å². The highest BCUT2D eigenvalue weighted by atomic mass is 19.4. The lowest BCUT2D eigenvalue weighted by Gasteiger charge is -2.22. The monoisotopic (exact) mass is 512 g/mol. The molecule has 37 heavy (non-hydrogen) atoms. The van der Waals surface area contributed by atoms with Crippen molar-refractivity contribution in [3.63, 3.8) is 0 Å². The summed E-state index contributed by atoms with van der Waals surface area (Å²) in [4.78, 5) is 19.4. The van der Waals surface area contributed by atoms with Gasteiger partial charge >= 0.3 is 6.18 Å². The van der Waals surface area contributed by atoms with Gasteiger partial charge in [-0.25, -0.2) is 0 Å². The van der Waals surface area contributed by atoms with Crippen molar-refractivity contribution >= 4 is 16.6 Å². The van der Waals surface area contributed by atoms with Crippen LogP contribution >= 0.6 is 0 Å². The molecule has 0 amide bonds. The smallest absolute Gasteiger partial charge is 0.418 e. The maximum absolute atomic E-state index is 14.1. The van der Waals surface area contributed by atoms with Crippen LogP contribution in [0.25, 0.3) is 27.8 Å². The van der Waals surface area contributed by atoms with Crippen molar-refractivity contribution in [1.82, 2.24) is 14.8 Å². The lowest BCUT2D eigenvalue weighted by Crippen LogP contribution is -2.27. The second-order valence-electron chi connectivity index (χ2n) is 8.65. The summed E-state index contributed by atoms with van der Waals surface area (Å²) in [5.74, 6) is 0.882. The third-order valence-corrected chi connectivity index (χ3v) is 6.33. The molecule has 3 heterocycles. The van der Waals surface area contributed by atoms with Crippen LogP contribution in [0.15, 0.2) is 59.5 Å². The van der Waals surface area contributed by atoms with Crippen molar-refractivity contribution in [2.75, 3.05) is 32.2 Å². The number of ether oxygens (including phenoxy) is 2. The van der Waals surface area contributed by atoms with Crippen molar-refractivity contribution in [2.24, 2.45) is 0 Å². The molecule has 5 rings (SSSR count). The molecule has 0 bridgehead atoms. The second kappa shape index (κ2) is 9.40. The van der Waals surface area contributed by atoms with Crippen LogP contribution in [0.4, 0.5) is 18.9 Å². The molecule has 1 atom stereocenters. The van der Waals surface area contributed by atoms with Gasteiger partial charge in [-0.2, -0.15) is 23.0 Å². The van der Waals surface area contributed by atoms with Gasteiger partial charge in [0.05, 0.1) is 31.6 Å². The fourth-order valence-corrected chi connectivity index (χ4v) is 4.50. The fourth-order valence-electron chi connectivity index (χ4n) is 4.50. The van der Waals surface area contributed by atoms with Gasteiger partial charge in [-0.3, -0.25) is 9.78 Å². The zero-order valence-electron chi connectivity index (χ0n) is 20.0. The molecule has 4 aromatic rings. The van der Waals surface area contributed by atoms with E-state index in [1.165, 1.54) is 32.5 Å². The summed E-state index contributed by atoms with van der Waals surface area (Å²) in [7, 11) is 2.95. The number of aromatic nitrogens is 3. The number of rotatable bonds is 5. The van der Waals surface area contributed by atoms with Gasteiger partial charge < -0.3 is 19.5 Å². The summed E-state index contributed by atoms with van der Waals surface area (Å²) in [5.41, 5.74) is -1.14. The molecule has 2 aromatic carbocycles. The Morgan fingerprint density at radius 2 is 1.78 bits per heavy atom. The van der Waals surface area contributed by atoms with Crippen LogP contribution in [0.5, 0.6) is 11.5 Å². The van der Waals surface area contributed by atoms with Gasteiger partial charge in [0.2, 0.25) is 0 Å². The van der Waals surface area contributed by atoms with Crippen LogP contribution in [-0.2, 0) is 6.18 Å².